The van der Waals surface area contributed by atoms with Gasteiger partial charge >= 0.3 is 0 Å². The fraction of sp³-hybridized carbons (Fsp3) is 0.458. The lowest BCUT2D eigenvalue weighted by Crippen LogP contribution is -2.48. The van der Waals surface area contributed by atoms with Crippen LogP contribution >= 0.6 is 11.6 Å². The Bertz CT molecular complexity index is 883. The minimum Gasteiger partial charge on any atom is -0.489 e. The van der Waals surface area contributed by atoms with E-state index in [1.807, 2.05) is 12.1 Å². The Hall–Kier alpha value is -2.44. The molecular formula is C24H31ClN4O2. The van der Waals surface area contributed by atoms with Crippen LogP contribution in [0.2, 0.25) is 5.02 Å². The van der Waals surface area contributed by atoms with Crippen molar-refractivity contribution >= 4 is 17.6 Å². The summed E-state index contributed by atoms with van der Waals surface area (Å²) in [6.45, 7) is 5.08. The fourth-order valence-corrected chi connectivity index (χ4v) is 4.32. The Balaban J connectivity index is 1.26. The molecule has 0 aliphatic carbocycles. The quantitative estimate of drug-likeness (QED) is 0.544. The number of benzene rings is 2. The Morgan fingerprint density at radius 3 is 2.65 bits per heavy atom. The van der Waals surface area contributed by atoms with E-state index in [4.69, 9.17) is 21.1 Å². The number of halogens is 1. The van der Waals surface area contributed by atoms with Crippen molar-refractivity contribution in [3.8, 4) is 11.5 Å². The van der Waals surface area contributed by atoms with Gasteiger partial charge < -0.3 is 20.1 Å². The summed E-state index contributed by atoms with van der Waals surface area (Å²) in [5.74, 6) is 2.17. The van der Waals surface area contributed by atoms with Crippen molar-refractivity contribution in [1.82, 2.24) is 15.5 Å². The number of fused-ring (bicyclic) bond motifs is 1. The first-order valence-corrected chi connectivity index (χ1v) is 11.4. The summed E-state index contributed by atoms with van der Waals surface area (Å²) >= 11 is 6.41. The number of hydrogen-bond donors (Lipinski definition) is 2. The first-order valence-electron chi connectivity index (χ1n) is 11.0. The van der Waals surface area contributed by atoms with Crippen LogP contribution < -0.4 is 20.1 Å². The van der Waals surface area contributed by atoms with Gasteiger partial charge in [-0.25, -0.2) is 0 Å². The summed E-state index contributed by atoms with van der Waals surface area (Å²) in [4.78, 5) is 6.92. The van der Waals surface area contributed by atoms with Crippen LogP contribution in [-0.2, 0) is 13.1 Å². The van der Waals surface area contributed by atoms with Crippen LogP contribution in [0.3, 0.4) is 0 Å². The normalized spacial score (nSPS) is 17.8. The van der Waals surface area contributed by atoms with Crippen LogP contribution in [0, 0.1) is 0 Å². The molecule has 0 spiro atoms. The Morgan fingerprint density at radius 2 is 1.87 bits per heavy atom. The maximum Gasteiger partial charge on any atom is 0.191 e. The third-order valence-corrected chi connectivity index (χ3v) is 6.00. The Kier molecular flexibility index (Phi) is 7.54. The van der Waals surface area contributed by atoms with E-state index >= 15 is 0 Å². The van der Waals surface area contributed by atoms with Gasteiger partial charge in [-0.2, -0.15) is 0 Å². The number of ether oxygens (including phenoxy) is 2. The van der Waals surface area contributed by atoms with E-state index in [9.17, 15) is 0 Å². The summed E-state index contributed by atoms with van der Waals surface area (Å²) in [6.07, 6.45) is 3.06. The molecular weight excluding hydrogens is 412 g/mol. The van der Waals surface area contributed by atoms with Crippen LogP contribution in [0.4, 0.5) is 0 Å². The van der Waals surface area contributed by atoms with Gasteiger partial charge in [-0.15, -0.1) is 0 Å². The topological polar surface area (TPSA) is 58.1 Å². The number of nitrogens with zero attached hydrogens (tertiary/aromatic N) is 2. The van der Waals surface area contributed by atoms with Crippen molar-refractivity contribution < 1.29 is 9.47 Å². The standard InChI is InChI=1S/C24H31ClN4O2/c1-26-24(27-16-19-14-21(25)23-22(15-19)30-12-5-13-31-23)28-20-8-10-29(11-9-20)17-18-6-3-2-4-7-18/h2-4,6-7,14-15,20H,5,8-13,16-17H2,1H3,(H2,26,27,28). The number of hydrogen-bond acceptors (Lipinski definition) is 4. The second-order valence-electron chi connectivity index (χ2n) is 8.06. The third kappa shape index (κ3) is 6.05. The van der Waals surface area contributed by atoms with Crippen molar-refractivity contribution in [2.75, 3.05) is 33.4 Å². The lowest BCUT2D eigenvalue weighted by atomic mass is 10.0. The second-order valence-corrected chi connectivity index (χ2v) is 8.47. The van der Waals surface area contributed by atoms with Gasteiger partial charge in [0.25, 0.3) is 0 Å². The molecule has 2 N–H and O–H groups in total. The Morgan fingerprint density at radius 1 is 1.10 bits per heavy atom. The number of nitrogens with one attached hydrogen (secondary N) is 2. The number of rotatable bonds is 5. The first-order chi connectivity index (χ1) is 15.2. The van der Waals surface area contributed by atoms with Gasteiger partial charge in [-0.3, -0.25) is 9.89 Å². The van der Waals surface area contributed by atoms with E-state index in [1.54, 1.807) is 7.05 Å². The second kappa shape index (κ2) is 10.7. The molecule has 4 rings (SSSR count). The monoisotopic (exact) mass is 442 g/mol. The molecule has 2 aliphatic heterocycles. The molecule has 2 aliphatic rings. The molecule has 1 fully saturated rings. The van der Waals surface area contributed by atoms with Gasteiger partial charge in [0.2, 0.25) is 0 Å². The molecule has 0 bridgehead atoms. The molecule has 0 atom stereocenters. The van der Waals surface area contributed by atoms with Gasteiger partial charge in [0, 0.05) is 45.7 Å². The highest BCUT2D eigenvalue weighted by molar-refractivity contribution is 6.32. The van der Waals surface area contributed by atoms with E-state index in [-0.39, 0.29) is 0 Å². The Labute approximate surface area is 189 Å². The summed E-state index contributed by atoms with van der Waals surface area (Å²) in [7, 11) is 1.81. The molecule has 1 saturated heterocycles. The SMILES string of the molecule is CN=C(NCc1cc(Cl)c2c(c1)OCCCO2)NC1CCN(Cc2ccccc2)CC1. The smallest absolute Gasteiger partial charge is 0.191 e. The van der Waals surface area contributed by atoms with Crippen molar-refractivity contribution in [2.24, 2.45) is 4.99 Å². The summed E-state index contributed by atoms with van der Waals surface area (Å²) < 4.78 is 11.5. The minimum absolute atomic E-state index is 0.422. The van der Waals surface area contributed by atoms with E-state index in [1.165, 1.54) is 5.56 Å². The van der Waals surface area contributed by atoms with Crippen molar-refractivity contribution in [3.63, 3.8) is 0 Å². The average Bonchev–Trinajstić information content (AvgIpc) is 3.04. The van der Waals surface area contributed by atoms with E-state index in [2.05, 4.69) is 50.9 Å². The zero-order chi connectivity index (χ0) is 21.5. The van der Waals surface area contributed by atoms with Crippen LogP contribution in [0.25, 0.3) is 0 Å². The van der Waals surface area contributed by atoms with Crippen LogP contribution in [0.1, 0.15) is 30.4 Å². The van der Waals surface area contributed by atoms with Gasteiger partial charge in [-0.1, -0.05) is 41.9 Å². The molecule has 6 nitrogen and oxygen atoms in total. The third-order valence-electron chi connectivity index (χ3n) is 5.72. The maximum atomic E-state index is 6.41. The van der Waals surface area contributed by atoms with Gasteiger partial charge in [0.15, 0.2) is 17.5 Å². The number of likely N-dealkylation sites (tertiary alicyclic amines) is 1. The van der Waals surface area contributed by atoms with Crippen LogP contribution in [-0.4, -0.2) is 50.3 Å². The molecule has 7 heteroatoms. The summed E-state index contributed by atoms with van der Waals surface area (Å²) in [5.41, 5.74) is 2.41. The molecule has 0 unspecified atom stereocenters. The highest BCUT2D eigenvalue weighted by atomic mass is 35.5. The van der Waals surface area contributed by atoms with Gasteiger partial charge in [-0.05, 0) is 36.1 Å². The lowest BCUT2D eigenvalue weighted by molar-refractivity contribution is 0.198. The zero-order valence-corrected chi connectivity index (χ0v) is 18.8. The molecule has 0 amide bonds. The number of piperidine rings is 1. The van der Waals surface area contributed by atoms with Crippen molar-refractivity contribution in [1.29, 1.82) is 0 Å². The average molecular weight is 443 g/mol. The minimum atomic E-state index is 0.422. The highest BCUT2D eigenvalue weighted by Crippen LogP contribution is 2.37. The number of guanidine groups is 1. The lowest BCUT2D eigenvalue weighted by Gasteiger charge is -2.33. The fourth-order valence-electron chi connectivity index (χ4n) is 4.04. The summed E-state index contributed by atoms with van der Waals surface area (Å²) in [5, 5.41) is 7.56. The molecule has 0 saturated carbocycles. The van der Waals surface area contributed by atoms with Crippen molar-refractivity contribution in [2.45, 2.75) is 38.4 Å². The largest absolute Gasteiger partial charge is 0.489 e. The molecule has 2 aromatic rings. The van der Waals surface area contributed by atoms with Gasteiger partial charge in [0.05, 0.1) is 18.2 Å². The van der Waals surface area contributed by atoms with Crippen molar-refractivity contribution in [3.05, 3.63) is 58.6 Å². The first kappa shape index (κ1) is 21.8. The highest BCUT2D eigenvalue weighted by Gasteiger charge is 2.20. The van der Waals surface area contributed by atoms with E-state index in [0.29, 0.717) is 36.6 Å². The van der Waals surface area contributed by atoms with Gasteiger partial charge in [0.1, 0.15) is 0 Å². The molecule has 0 aromatic heterocycles. The van der Waals surface area contributed by atoms with Crippen LogP contribution in [0.5, 0.6) is 11.5 Å². The molecule has 0 radical (unpaired) electrons. The molecule has 2 heterocycles. The zero-order valence-electron chi connectivity index (χ0n) is 18.1. The molecule has 31 heavy (non-hydrogen) atoms. The summed E-state index contributed by atoms with van der Waals surface area (Å²) in [6, 6.07) is 15.0. The van der Waals surface area contributed by atoms with E-state index in [0.717, 1.165) is 56.2 Å². The van der Waals surface area contributed by atoms with E-state index < -0.39 is 0 Å². The predicted molar refractivity (Wildman–Crippen MR) is 125 cm³/mol. The predicted octanol–water partition coefficient (Wildman–Crippen LogP) is 3.83. The maximum absolute atomic E-state index is 6.41. The molecule has 2 aromatic carbocycles. The molecule has 166 valence electrons. The van der Waals surface area contributed by atoms with Crippen LogP contribution in [0.15, 0.2) is 47.5 Å². The number of aliphatic imine (C=N–C) groups is 1.